The van der Waals surface area contributed by atoms with Gasteiger partial charge in [0.15, 0.2) is 0 Å². The van der Waals surface area contributed by atoms with Gasteiger partial charge in [-0.05, 0) is 38.8 Å². The van der Waals surface area contributed by atoms with Crippen LogP contribution in [0, 0.1) is 5.92 Å². The normalized spacial score (nSPS) is 18.8. The zero-order chi connectivity index (χ0) is 12.7. The summed E-state index contributed by atoms with van der Waals surface area (Å²) in [6, 6.07) is -0.429. The van der Waals surface area contributed by atoms with Gasteiger partial charge in [-0.3, -0.25) is 4.79 Å². The number of nitrogens with one attached hydrogen (secondary N) is 1. The summed E-state index contributed by atoms with van der Waals surface area (Å²) in [5, 5.41) is 12.2. The molecule has 4 heteroatoms. The molecule has 1 rings (SSSR count). The van der Waals surface area contributed by atoms with Crippen LogP contribution in [0.25, 0.3) is 0 Å². The van der Waals surface area contributed by atoms with Crippen molar-refractivity contribution in [3.63, 3.8) is 0 Å². The van der Waals surface area contributed by atoms with E-state index in [4.69, 9.17) is 5.11 Å². The lowest BCUT2D eigenvalue weighted by molar-refractivity contribution is -0.140. The molecular formula is C13H26N2O2. The molecule has 1 atom stereocenters. The standard InChI is InChI=1S/C13H26N2O2/c1-3-8-14-12(13(16)17)10-15(2)9-11-6-4-5-7-11/h11-12,14H,3-10H2,1-2H3,(H,16,17). The maximum Gasteiger partial charge on any atom is 0.322 e. The summed E-state index contributed by atoms with van der Waals surface area (Å²) in [6.07, 6.45) is 6.27. The second-order valence-electron chi connectivity index (χ2n) is 5.22. The highest BCUT2D eigenvalue weighted by atomic mass is 16.4. The van der Waals surface area contributed by atoms with E-state index in [1.165, 1.54) is 25.7 Å². The van der Waals surface area contributed by atoms with Crippen LogP contribution in [0.1, 0.15) is 39.0 Å². The number of carbonyl (C=O) groups is 1. The Morgan fingerprint density at radius 1 is 1.47 bits per heavy atom. The third-order valence-electron chi connectivity index (χ3n) is 3.48. The number of hydrogen-bond acceptors (Lipinski definition) is 3. The van der Waals surface area contributed by atoms with E-state index in [-0.39, 0.29) is 0 Å². The van der Waals surface area contributed by atoms with Crippen LogP contribution < -0.4 is 5.32 Å². The Bertz CT molecular complexity index is 227. The number of aliphatic carboxylic acids is 1. The topological polar surface area (TPSA) is 52.6 Å². The van der Waals surface area contributed by atoms with E-state index in [2.05, 4.69) is 10.2 Å². The summed E-state index contributed by atoms with van der Waals surface area (Å²) in [6.45, 7) is 4.46. The predicted molar refractivity (Wildman–Crippen MR) is 69.2 cm³/mol. The van der Waals surface area contributed by atoms with Gasteiger partial charge in [-0.2, -0.15) is 0 Å². The van der Waals surface area contributed by atoms with Crippen LogP contribution in [0.4, 0.5) is 0 Å². The summed E-state index contributed by atoms with van der Waals surface area (Å²) >= 11 is 0. The third kappa shape index (κ3) is 5.50. The van der Waals surface area contributed by atoms with Gasteiger partial charge in [-0.15, -0.1) is 0 Å². The average molecular weight is 242 g/mol. The highest BCUT2D eigenvalue weighted by Gasteiger charge is 2.21. The van der Waals surface area contributed by atoms with E-state index in [0.717, 1.165) is 25.4 Å². The number of likely N-dealkylation sites (N-methyl/N-ethyl adjacent to an activating group) is 1. The first-order valence-electron chi connectivity index (χ1n) is 6.78. The van der Waals surface area contributed by atoms with Gasteiger partial charge in [0.2, 0.25) is 0 Å². The van der Waals surface area contributed by atoms with Crippen molar-refractivity contribution in [3.8, 4) is 0 Å². The largest absolute Gasteiger partial charge is 0.480 e. The molecular weight excluding hydrogens is 216 g/mol. The zero-order valence-corrected chi connectivity index (χ0v) is 11.1. The van der Waals surface area contributed by atoms with Crippen molar-refractivity contribution in [2.24, 2.45) is 5.92 Å². The van der Waals surface area contributed by atoms with Crippen LogP contribution in [0.15, 0.2) is 0 Å². The molecule has 0 aliphatic heterocycles. The molecule has 100 valence electrons. The Balaban J connectivity index is 2.29. The lowest BCUT2D eigenvalue weighted by atomic mass is 10.1. The molecule has 0 aromatic heterocycles. The SMILES string of the molecule is CCCNC(CN(C)CC1CCCC1)C(=O)O. The Morgan fingerprint density at radius 3 is 2.65 bits per heavy atom. The van der Waals surface area contributed by atoms with Crippen LogP contribution in [0.2, 0.25) is 0 Å². The van der Waals surface area contributed by atoms with Crippen molar-refractivity contribution >= 4 is 5.97 Å². The minimum absolute atomic E-state index is 0.429. The number of hydrogen-bond donors (Lipinski definition) is 2. The van der Waals surface area contributed by atoms with Gasteiger partial charge < -0.3 is 15.3 Å². The second kappa shape index (κ2) is 7.67. The summed E-state index contributed by atoms with van der Waals surface area (Å²) in [5.41, 5.74) is 0. The van der Waals surface area contributed by atoms with Crippen molar-refractivity contribution in [2.75, 3.05) is 26.7 Å². The Labute approximate surface area is 104 Å². The number of carboxylic acids is 1. The summed E-state index contributed by atoms with van der Waals surface area (Å²) in [5.74, 6) is 0.0392. The number of nitrogens with zero attached hydrogens (tertiary/aromatic N) is 1. The van der Waals surface area contributed by atoms with Gasteiger partial charge in [0.05, 0.1) is 0 Å². The monoisotopic (exact) mass is 242 g/mol. The van der Waals surface area contributed by atoms with Crippen LogP contribution in [0.3, 0.4) is 0 Å². The highest BCUT2D eigenvalue weighted by Crippen LogP contribution is 2.25. The molecule has 1 aliphatic rings. The minimum Gasteiger partial charge on any atom is -0.480 e. The fraction of sp³-hybridized carbons (Fsp3) is 0.923. The smallest absolute Gasteiger partial charge is 0.322 e. The maximum atomic E-state index is 11.1. The first-order chi connectivity index (χ1) is 8.13. The molecule has 0 aromatic rings. The molecule has 1 fully saturated rings. The molecule has 0 aromatic carbocycles. The van der Waals surface area contributed by atoms with Gasteiger partial charge in [0.1, 0.15) is 6.04 Å². The molecule has 0 spiro atoms. The van der Waals surface area contributed by atoms with Crippen molar-refractivity contribution < 1.29 is 9.90 Å². The molecule has 2 N–H and O–H groups in total. The molecule has 0 saturated heterocycles. The summed E-state index contributed by atoms with van der Waals surface area (Å²) < 4.78 is 0. The number of carboxylic acid groups (broad SMARTS) is 1. The fourth-order valence-corrected chi connectivity index (χ4v) is 2.57. The minimum atomic E-state index is -0.739. The van der Waals surface area contributed by atoms with Crippen LogP contribution in [0.5, 0.6) is 0 Å². The Hall–Kier alpha value is -0.610. The van der Waals surface area contributed by atoms with E-state index in [1.807, 2.05) is 14.0 Å². The van der Waals surface area contributed by atoms with Gasteiger partial charge in [0, 0.05) is 13.1 Å². The molecule has 0 heterocycles. The molecule has 0 radical (unpaired) electrons. The molecule has 1 aliphatic carbocycles. The lowest BCUT2D eigenvalue weighted by Crippen LogP contribution is -2.46. The molecule has 4 nitrogen and oxygen atoms in total. The molecule has 1 unspecified atom stereocenters. The molecule has 17 heavy (non-hydrogen) atoms. The molecule has 0 bridgehead atoms. The Kier molecular flexibility index (Phi) is 6.52. The second-order valence-corrected chi connectivity index (χ2v) is 5.22. The van der Waals surface area contributed by atoms with E-state index in [1.54, 1.807) is 0 Å². The first-order valence-corrected chi connectivity index (χ1v) is 6.78. The van der Waals surface area contributed by atoms with E-state index in [9.17, 15) is 4.79 Å². The molecule has 1 saturated carbocycles. The Morgan fingerprint density at radius 2 is 2.12 bits per heavy atom. The quantitative estimate of drug-likeness (QED) is 0.678. The first kappa shape index (κ1) is 14.5. The van der Waals surface area contributed by atoms with Gasteiger partial charge >= 0.3 is 5.97 Å². The van der Waals surface area contributed by atoms with Crippen molar-refractivity contribution in [1.82, 2.24) is 10.2 Å². The predicted octanol–water partition coefficient (Wildman–Crippen LogP) is 1.56. The highest BCUT2D eigenvalue weighted by molar-refractivity contribution is 5.73. The van der Waals surface area contributed by atoms with Crippen molar-refractivity contribution in [2.45, 2.75) is 45.1 Å². The average Bonchev–Trinajstić information content (AvgIpc) is 2.76. The fourth-order valence-electron chi connectivity index (χ4n) is 2.57. The lowest BCUT2D eigenvalue weighted by Gasteiger charge is -2.24. The van der Waals surface area contributed by atoms with E-state index in [0.29, 0.717) is 6.54 Å². The van der Waals surface area contributed by atoms with Crippen molar-refractivity contribution in [1.29, 1.82) is 0 Å². The molecule has 0 amide bonds. The van der Waals surface area contributed by atoms with Crippen LogP contribution >= 0.6 is 0 Å². The summed E-state index contributed by atoms with van der Waals surface area (Å²) in [7, 11) is 2.03. The van der Waals surface area contributed by atoms with Crippen molar-refractivity contribution in [3.05, 3.63) is 0 Å². The van der Waals surface area contributed by atoms with E-state index < -0.39 is 12.0 Å². The van der Waals surface area contributed by atoms with Gasteiger partial charge in [-0.25, -0.2) is 0 Å². The number of rotatable bonds is 8. The van der Waals surface area contributed by atoms with Crippen LogP contribution in [-0.2, 0) is 4.79 Å². The van der Waals surface area contributed by atoms with Crippen LogP contribution in [-0.4, -0.2) is 48.7 Å². The maximum absolute atomic E-state index is 11.1. The van der Waals surface area contributed by atoms with E-state index >= 15 is 0 Å². The zero-order valence-electron chi connectivity index (χ0n) is 11.1. The van der Waals surface area contributed by atoms with Gasteiger partial charge in [-0.1, -0.05) is 19.8 Å². The summed E-state index contributed by atoms with van der Waals surface area (Å²) in [4.78, 5) is 13.3. The third-order valence-corrected chi connectivity index (χ3v) is 3.48. The van der Waals surface area contributed by atoms with Gasteiger partial charge in [0.25, 0.3) is 0 Å².